The summed E-state index contributed by atoms with van der Waals surface area (Å²) in [4.78, 5) is 3.16. The smallest absolute Gasteiger partial charge is 0.0587 e. The predicted molar refractivity (Wildman–Crippen MR) is 58.2 cm³/mol. The lowest BCUT2D eigenvalue weighted by Crippen LogP contribution is -2.38. The molecule has 1 atom stereocenters. The van der Waals surface area contributed by atoms with E-state index in [4.69, 9.17) is 5.11 Å². The van der Waals surface area contributed by atoms with Crippen molar-refractivity contribution in [1.29, 1.82) is 0 Å². The minimum Gasteiger partial charge on any atom is -0.395 e. The molecule has 14 heavy (non-hydrogen) atoms. The van der Waals surface area contributed by atoms with Gasteiger partial charge in [0.1, 0.15) is 0 Å². The Morgan fingerprint density at radius 3 is 2.79 bits per heavy atom. The molecule has 0 aromatic carbocycles. The van der Waals surface area contributed by atoms with E-state index in [9.17, 15) is 0 Å². The quantitative estimate of drug-likeness (QED) is 0.639. The Balaban J connectivity index is 2.20. The van der Waals surface area contributed by atoms with Crippen molar-refractivity contribution in [2.24, 2.45) is 5.92 Å². The van der Waals surface area contributed by atoms with Crippen LogP contribution in [-0.2, 0) is 6.42 Å². The number of aromatic amines is 1. The lowest BCUT2D eigenvalue weighted by Gasteiger charge is -2.19. The molecule has 1 heterocycles. The summed E-state index contributed by atoms with van der Waals surface area (Å²) in [6.45, 7) is 5.34. The monoisotopic (exact) mass is 196 g/mol. The Morgan fingerprint density at radius 2 is 2.29 bits per heavy atom. The van der Waals surface area contributed by atoms with Gasteiger partial charge in [-0.2, -0.15) is 0 Å². The van der Waals surface area contributed by atoms with Gasteiger partial charge in [0.15, 0.2) is 0 Å². The number of nitrogens with one attached hydrogen (secondary N) is 2. The number of aliphatic hydroxyl groups is 1. The molecule has 1 aromatic rings. The zero-order valence-corrected chi connectivity index (χ0v) is 8.96. The van der Waals surface area contributed by atoms with E-state index in [2.05, 4.69) is 30.2 Å². The molecule has 0 aliphatic rings. The van der Waals surface area contributed by atoms with Crippen molar-refractivity contribution in [3.8, 4) is 0 Å². The fraction of sp³-hybridized carbons (Fsp3) is 0.636. The molecule has 0 aliphatic heterocycles. The van der Waals surface area contributed by atoms with Crippen LogP contribution in [0.2, 0.25) is 0 Å². The first-order chi connectivity index (χ1) is 6.74. The highest BCUT2D eigenvalue weighted by Gasteiger charge is 2.10. The molecule has 0 aliphatic carbocycles. The second-order valence-corrected chi connectivity index (χ2v) is 3.93. The third-order valence-electron chi connectivity index (χ3n) is 2.46. The number of H-pyrrole nitrogens is 1. The van der Waals surface area contributed by atoms with Gasteiger partial charge in [0.05, 0.1) is 6.61 Å². The van der Waals surface area contributed by atoms with E-state index >= 15 is 0 Å². The third kappa shape index (κ3) is 3.52. The lowest BCUT2D eigenvalue weighted by molar-refractivity contribution is 0.211. The van der Waals surface area contributed by atoms with Gasteiger partial charge < -0.3 is 15.4 Å². The van der Waals surface area contributed by atoms with Gasteiger partial charge in [-0.25, -0.2) is 0 Å². The normalized spacial score (nSPS) is 13.4. The van der Waals surface area contributed by atoms with Crippen molar-refractivity contribution in [3.63, 3.8) is 0 Å². The van der Waals surface area contributed by atoms with Gasteiger partial charge in [-0.3, -0.25) is 0 Å². The van der Waals surface area contributed by atoms with Gasteiger partial charge in [-0.1, -0.05) is 13.8 Å². The van der Waals surface area contributed by atoms with Gasteiger partial charge in [0, 0.05) is 24.5 Å². The molecule has 0 saturated carbocycles. The largest absolute Gasteiger partial charge is 0.395 e. The van der Waals surface area contributed by atoms with Crippen LogP contribution >= 0.6 is 0 Å². The Kier molecular flexibility index (Phi) is 4.70. The van der Waals surface area contributed by atoms with Crippen LogP contribution in [0.5, 0.6) is 0 Å². The highest BCUT2D eigenvalue weighted by Crippen LogP contribution is 2.01. The average molecular weight is 196 g/mol. The summed E-state index contributed by atoms with van der Waals surface area (Å²) in [5.74, 6) is 0.476. The first-order valence-corrected chi connectivity index (χ1v) is 5.20. The van der Waals surface area contributed by atoms with Gasteiger partial charge in [0.2, 0.25) is 0 Å². The van der Waals surface area contributed by atoms with E-state index in [1.807, 2.05) is 12.3 Å². The van der Waals surface area contributed by atoms with Gasteiger partial charge in [-0.15, -0.1) is 0 Å². The topological polar surface area (TPSA) is 48.0 Å². The summed E-state index contributed by atoms with van der Waals surface area (Å²) in [7, 11) is 0. The van der Waals surface area contributed by atoms with Crippen molar-refractivity contribution in [3.05, 3.63) is 24.0 Å². The first kappa shape index (κ1) is 11.3. The molecule has 1 aromatic heterocycles. The van der Waals surface area contributed by atoms with E-state index < -0.39 is 0 Å². The van der Waals surface area contributed by atoms with Crippen molar-refractivity contribution < 1.29 is 5.11 Å². The van der Waals surface area contributed by atoms with Crippen LogP contribution in [0.3, 0.4) is 0 Å². The summed E-state index contributed by atoms with van der Waals surface area (Å²) >= 11 is 0. The molecular formula is C11H20N2O. The first-order valence-electron chi connectivity index (χ1n) is 5.20. The fourth-order valence-electron chi connectivity index (χ4n) is 1.43. The van der Waals surface area contributed by atoms with E-state index in [0.717, 1.165) is 13.0 Å². The second kappa shape index (κ2) is 5.83. The second-order valence-electron chi connectivity index (χ2n) is 3.93. The maximum atomic E-state index is 9.08. The lowest BCUT2D eigenvalue weighted by atomic mass is 10.1. The summed E-state index contributed by atoms with van der Waals surface area (Å²) in [5, 5.41) is 12.4. The molecule has 0 radical (unpaired) electrons. The molecule has 0 spiro atoms. The Hall–Kier alpha value is -0.800. The summed E-state index contributed by atoms with van der Waals surface area (Å²) in [5.41, 5.74) is 1.23. The van der Waals surface area contributed by atoms with Crippen LogP contribution in [0.4, 0.5) is 0 Å². The standard InChI is InChI=1S/C11H20N2O/c1-9(2)11(8-14)13-7-5-10-4-3-6-12-10/h3-4,6,9,11-14H,5,7-8H2,1-2H3. The average Bonchev–Trinajstić information content (AvgIpc) is 2.64. The summed E-state index contributed by atoms with van der Waals surface area (Å²) in [6, 6.07) is 4.29. The molecule has 3 N–H and O–H groups in total. The molecular weight excluding hydrogens is 176 g/mol. The number of hydrogen-bond donors (Lipinski definition) is 3. The molecule has 0 saturated heterocycles. The van der Waals surface area contributed by atoms with E-state index in [0.29, 0.717) is 5.92 Å². The number of hydrogen-bond acceptors (Lipinski definition) is 2. The van der Waals surface area contributed by atoms with Crippen LogP contribution in [0.25, 0.3) is 0 Å². The fourth-order valence-corrected chi connectivity index (χ4v) is 1.43. The molecule has 80 valence electrons. The molecule has 0 amide bonds. The Bertz CT molecular complexity index is 231. The molecule has 3 heteroatoms. The van der Waals surface area contributed by atoms with Crippen molar-refractivity contribution >= 4 is 0 Å². The van der Waals surface area contributed by atoms with Crippen LogP contribution in [-0.4, -0.2) is 29.3 Å². The van der Waals surface area contributed by atoms with Crippen LogP contribution in [0.1, 0.15) is 19.5 Å². The Labute approximate surface area is 85.5 Å². The predicted octanol–water partition coefficient (Wildman–Crippen LogP) is 1.16. The van der Waals surface area contributed by atoms with Crippen molar-refractivity contribution in [2.45, 2.75) is 26.3 Å². The van der Waals surface area contributed by atoms with E-state index in [1.165, 1.54) is 5.69 Å². The van der Waals surface area contributed by atoms with Gasteiger partial charge in [0.25, 0.3) is 0 Å². The van der Waals surface area contributed by atoms with Gasteiger partial charge in [-0.05, 0) is 24.5 Å². The van der Waals surface area contributed by atoms with Gasteiger partial charge >= 0.3 is 0 Å². The summed E-state index contributed by atoms with van der Waals surface area (Å²) in [6.07, 6.45) is 2.91. The number of aromatic nitrogens is 1. The van der Waals surface area contributed by atoms with E-state index in [-0.39, 0.29) is 12.6 Å². The molecule has 1 unspecified atom stereocenters. The molecule has 3 nitrogen and oxygen atoms in total. The van der Waals surface area contributed by atoms with Crippen LogP contribution in [0.15, 0.2) is 18.3 Å². The highest BCUT2D eigenvalue weighted by atomic mass is 16.3. The number of rotatable bonds is 6. The zero-order valence-electron chi connectivity index (χ0n) is 8.96. The summed E-state index contributed by atoms with van der Waals surface area (Å²) < 4.78 is 0. The van der Waals surface area contributed by atoms with E-state index in [1.54, 1.807) is 0 Å². The molecule has 1 rings (SSSR count). The zero-order chi connectivity index (χ0) is 10.4. The maximum absolute atomic E-state index is 9.08. The van der Waals surface area contributed by atoms with Crippen molar-refractivity contribution in [2.75, 3.05) is 13.2 Å². The SMILES string of the molecule is CC(C)C(CO)NCCc1ccc[nH]1. The molecule has 0 bridgehead atoms. The Morgan fingerprint density at radius 1 is 1.50 bits per heavy atom. The highest BCUT2D eigenvalue weighted by molar-refractivity contribution is 5.03. The minimum absolute atomic E-state index is 0.211. The number of aliphatic hydroxyl groups excluding tert-OH is 1. The molecule has 0 fully saturated rings. The van der Waals surface area contributed by atoms with Crippen LogP contribution in [0, 0.1) is 5.92 Å². The minimum atomic E-state index is 0.211. The maximum Gasteiger partial charge on any atom is 0.0587 e. The van der Waals surface area contributed by atoms with Crippen LogP contribution < -0.4 is 5.32 Å². The van der Waals surface area contributed by atoms with Crippen molar-refractivity contribution in [1.82, 2.24) is 10.3 Å². The third-order valence-corrected chi connectivity index (χ3v) is 2.46.